The lowest BCUT2D eigenvalue weighted by Gasteiger charge is -2.13. The monoisotopic (exact) mass is 286 g/mol. The lowest BCUT2D eigenvalue weighted by molar-refractivity contribution is 0.551. The van der Waals surface area contributed by atoms with E-state index in [1.807, 2.05) is 24.4 Å². The maximum absolute atomic E-state index is 4.61. The average Bonchev–Trinajstić information content (AvgIpc) is 2.97. The number of fused-ring (bicyclic) bond motifs is 1. The van der Waals surface area contributed by atoms with Crippen LogP contribution in [0.5, 0.6) is 0 Å². The molecule has 3 aromatic rings. The van der Waals surface area contributed by atoms with Crippen molar-refractivity contribution in [3.05, 3.63) is 52.6 Å². The number of rotatable bonds is 4. The van der Waals surface area contributed by atoms with Crippen molar-refractivity contribution in [3.63, 3.8) is 0 Å². The van der Waals surface area contributed by atoms with E-state index in [2.05, 4.69) is 45.8 Å². The summed E-state index contributed by atoms with van der Waals surface area (Å²) < 4.78 is 2.23. The zero-order valence-electron chi connectivity index (χ0n) is 11.9. The molecule has 0 amide bonds. The van der Waals surface area contributed by atoms with Crippen LogP contribution < -0.4 is 5.32 Å². The van der Waals surface area contributed by atoms with E-state index in [1.165, 1.54) is 11.4 Å². The molecule has 20 heavy (non-hydrogen) atoms. The van der Waals surface area contributed by atoms with Crippen molar-refractivity contribution < 1.29 is 0 Å². The van der Waals surface area contributed by atoms with Gasteiger partial charge in [-0.1, -0.05) is 6.07 Å². The number of pyridine rings is 1. The second-order valence-corrected chi connectivity index (χ2v) is 5.83. The Hall–Kier alpha value is -1.72. The topological polar surface area (TPSA) is 42.2 Å². The summed E-state index contributed by atoms with van der Waals surface area (Å²) in [6, 6.07) is 6.23. The summed E-state index contributed by atoms with van der Waals surface area (Å²) in [4.78, 5) is 10.1. The van der Waals surface area contributed by atoms with Crippen LogP contribution in [-0.2, 0) is 6.54 Å². The average molecular weight is 286 g/mol. The number of nitrogens with zero attached hydrogens (tertiary/aromatic N) is 3. The Kier molecular flexibility index (Phi) is 3.54. The molecule has 0 aromatic carbocycles. The molecule has 0 fully saturated rings. The predicted octanol–water partition coefficient (Wildman–Crippen LogP) is 3.26. The number of imidazole rings is 1. The molecule has 0 saturated heterocycles. The van der Waals surface area contributed by atoms with Crippen LogP contribution in [0.3, 0.4) is 0 Å². The molecule has 3 rings (SSSR count). The highest BCUT2D eigenvalue weighted by Crippen LogP contribution is 2.21. The standard InChI is InChI=1S/C15H18N4S/c1-10-9-20-15-18-12(3)14(19(10)15)8-17-11(2)13-6-4-5-7-16-13/h4-7,9,11,17H,8H2,1-3H3. The Balaban J connectivity index is 1.80. The summed E-state index contributed by atoms with van der Waals surface area (Å²) in [7, 11) is 0. The van der Waals surface area contributed by atoms with Crippen LogP contribution in [-0.4, -0.2) is 14.4 Å². The Labute approximate surface area is 122 Å². The minimum atomic E-state index is 0.222. The normalized spacial score (nSPS) is 12.9. The lowest BCUT2D eigenvalue weighted by atomic mass is 10.2. The third-order valence-electron chi connectivity index (χ3n) is 3.54. The number of aromatic nitrogens is 3. The van der Waals surface area contributed by atoms with E-state index in [0.717, 1.165) is 22.9 Å². The van der Waals surface area contributed by atoms with Gasteiger partial charge in [0.1, 0.15) is 0 Å². The number of thiazole rings is 1. The summed E-state index contributed by atoms with van der Waals surface area (Å²) in [5.41, 5.74) is 4.64. The van der Waals surface area contributed by atoms with Gasteiger partial charge in [0.05, 0.1) is 17.1 Å². The maximum atomic E-state index is 4.61. The van der Waals surface area contributed by atoms with Crippen LogP contribution in [0.2, 0.25) is 0 Å². The highest BCUT2D eigenvalue weighted by Gasteiger charge is 2.13. The third-order valence-corrected chi connectivity index (χ3v) is 4.48. The Morgan fingerprint density at radius 3 is 2.95 bits per heavy atom. The Morgan fingerprint density at radius 1 is 1.35 bits per heavy atom. The molecule has 1 unspecified atom stereocenters. The minimum Gasteiger partial charge on any atom is -0.303 e. The van der Waals surface area contributed by atoms with E-state index in [0.29, 0.717) is 0 Å². The molecule has 0 aliphatic carbocycles. The fraction of sp³-hybridized carbons (Fsp3) is 0.333. The van der Waals surface area contributed by atoms with E-state index in [9.17, 15) is 0 Å². The summed E-state index contributed by atoms with van der Waals surface area (Å²) >= 11 is 1.69. The van der Waals surface area contributed by atoms with Crippen LogP contribution in [0.4, 0.5) is 0 Å². The van der Waals surface area contributed by atoms with Crippen molar-refractivity contribution in [1.82, 2.24) is 19.7 Å². The van der Waals surface area contributed by atoms with Gasteiger partial charge in [-0.05, 0) is 32.9 Å². The van der Waals surface area contributed by atoms with Crippen molar-refractivity contribution in [2.45, 2.75) is 33.4 Å². The van der Waals surface area contributed by atoms with E-state index in [1.54, 1.807) is 11.3 Å². The largest absolute Gasteiger partial charge is 0.303 e. The van der Waals surface area contributed by atoms with Crippen molar-refractivity contribution >= 4 is 16.3 Å². The first-order valence-corrected chi connectivity index (χ1v) is 7.61. The Morgan fingerprint density at radius 2 is 2.20 bits per heavy atom. The van der Waals surface area contributed by atoms with Crippen molar-refractivity contribution in [2.75, 3.05) is 0 Å². The van der Waals surface area contributed by atoms with E-state index in [4.69, 9.17) is 0 Å². The smallest absolute Gasteiger partial charge is 0.194 e. The number of nitrogens with one attached hydrogen (secondary N) is 1. The minimum absolute atomic E-state index is 0.222. The van der Waals surface area contributed by atoms with Gasteiger partial charge in [-0.3, -0.25) is 9.38 Å². The van der Waals surface area contributed by atoms with Crippen LogP contribution >= 0.6 is 11.3 Å². The molecular formula is C15H18N4S. The van der Waals surface area contributed by atoms with Crippen molar-refractivity contribution in [2.24, 2.45) is 0 Å². The molecule has 104 valence electrons. The molecule has 1 N–H and O–H groups in total. The van der Waals surface area contributed by atoms with Crippen LogP contribution in [0.1, 0.15) is 35.7 Å². The highest BCUT2D eigenvalue weighted by atomic mass is 32.1. The third kappa shape index (κ3) is 2.34. The van der Waals surface area contributed by atoms with Crippen LogP contribution in [0.15, 0.2) is 29.8 Å². The maximum Gasteiger partial charge on any atom is 0.194 e. The van der Waals surface area contributed by atoms with Gasteiger partial charge < -0.3 is 5.32 Å². The first kappa shape index (κ1) is 13.3. The molecule has 0 bridgehead atoms. The van der Waals surface area contributed by atoms with Crippen molar-refractivity contribution in [3.8, 4) is 0 Å². The number of hydrogen-bond acceptors (Lipinski definition) is 4. The molecule has 1 atom stereocenters. The number of hydrogen-bond donors (Lipinski definition) is 1. The van der Waals surface area contributed by atoms with E-state index in [-0.39, 0.29) is 6.04 Å². The first-order chi connectivity index (χ1) is 9.66. The predicted molar refractivity (Wildman–Crippen MR) is 82.0 cm³/mol. The van der Waals surface area contributed by atoms with Gasteiger partial charge in [-0.15, -0.1) is 11.3 Å². The van der Waals surface area contributed by atoms with Gasteiger partial charge in [0.2, 0.25) is 0 Å². The summed E-state index contributed by atoms with van der Waals surface area (Å²) in [5.74, 6) is 0. The fourth-order valence-corrected chi connectivity index (χ4v) is 3.29. The molecule has 0 radical (unpaired) electrons. The molecule has 0 aliphatic rings. The second kappa shape index (κ2) is 5.34. The quantitative estimate of drug-likeness (QED) is 0.800. The van der Waals surface area contributed by atoms with Gasteiger partial charge in [0.15, 0.2) is 4.96 Å². The molecule has 4 nitrogen and oxygen atoms in total. The van der Waals surface area contributed by atoms with Gasteiger partial charge >= 0.3 is 0 Å². The molecule has 0 aliphatic heterocycles. The summed E-state index contributed by atoms with van der Waals surface area (Å²) in [6.07, 6.45) is 1.83. The lowest BCUT2D eigenvalue weighted by Crippen LogP contribution is -2.20. The van der Waals surface area contributed by atoms with Gasteiger partial charge in [-0.25, -0.2) is 4.98 Å². The van der Waals surface area contributed by atoms with Gasteiger partial charge in [-0.2, -0.15) is 0 Å². The van der Waals surface area contributed by atoms with Gasteiger partial charge in [0.25, 0.3) is 0 Å². The zero-order chi connectivity index (χ0) is 14.1. The Bertz CT molecular complexity index is 714. The fourth-order valence-electron chi connectivity index (χ4n) is 2.36. The number of aryl methyl sites for hydroxylation is 2. The molecule has 3 aromatic heterocycles. The van der Waals surface area contributed by atoms with Crippen LogP contribution in [0.25, 0.3) is 4.96 Å². The van der Waals surface area contributed by atoms with E-state index < -0.39 is 0 Å². The molecular weight excluding hydrogens is 268 g/mol. The SMILES string of the molecule is Cc1nc2scc(C)n2c1CNC(C)c1ccccn1. The summed E-state index contributed by atoms with van der Waals surface area (Å²) in [6.45, 7) is 7.12. The molecule has 3 heterocycles. The second-order valence-electron chi connectivity index (χ2n) is 5.00. The van der Waals surface area contributed by atoms with Crippen molar-refractivity contribution in [1.29, 1.82) is 0 Å². The van der Waals surface area contributed by atoms with Gasteiger partial charge in [0, 0.05) is 29.9 Å². The zero-order valence-corrected chi connectivity index (χ0v) is 12.7. The van der Waals surface area contributed by atoms with E-state index >= 15 is 0 Å². The first-order valence-electron chi connectivity index (χ1n) is 6.73. The molecule has 0 spiro atoms. The molecule has 5 heteroatoms. The summed E-state index contributed by atoms with van der Waals surface area (Å²) in [5, 5.41) is 5.68. The highest BCUT2D eigenvalue weighted by molar-refractivity contribution is 7.15. The van der Waals surface area contributed by atoms with Crippen LogP contribution in [0, 0.1) is 13.8 Å². The molecule has 0 saturated carbocycles.